The van der Waals surface area contributed by atoms with Crippen LogP contribution < -0.4 is 4.90 Å². The molecule has 0 spiro atoms. The van der Waals surface area contributed by atoms with E-state index in [1.807, 2.05) is 0 Å². The zero-order valence-corrected chi connectivity index (χ0v) is 11.7. The highest BCUT2D eigenvalue weighted by atomic mass is 32.2. The Morgan fingerprint density at radius 3 is 2.90 bits per heavy atom. The smallest absolute Gasteiger partial charge is 0.354 e. The Labute approximate surface area is 120 Å². The summed E-state index contributed by atoms with van der Waals surface area (Å²) in [5.41, 5.74) is -0.0862. The molecular formula is C13H14N2O4S. The topological polar surface area (TPSA) is 87.6 Å². The van der Waals surface area contributed by atoms with Gasteiger partial charge >= 0.3 is 5.97 Å². The Morgan fingerprint density at radius 1 is 1.50 bits per heavy atom. The van der Waals surface area contributed by atoms with E-state index >= 15 is 0 Å². The van der Waals surface area contributed by atoms with Crippen molar-refractivity contribution in [3.8, 4) is 0 Å². The predicted octanol–water partition coefficient (Wildman–Crippen LogP) is 1.41. The zero-order valence-electron chi connectivity index (χ0n) is 10.9. The summed E-state index contributed by atoms with van der Waals surface area (Å²) in [6, 6.07) is 4.57. The quantitative estimate of drug-likeness (QED) is 0.903. The van der Waals surface area contributed by atoms with E-state index < -0.39 is 5.97 Å². The maximum absolute atomic E-state index is 12.0. The molecule has 2 rings (SSSR count). The highest BCUT2D eigenvalue weighted by Gasteiger charge is 2.31. The number of carbonyl (C=O) groups is 3. The lowest BCUT2D eigenvalue weighted by molar-refractivity contribution is -0.117. The first kappa shape index (κ1) is 14.5. The molecule has 1 aliphatic heterocycles. The van der Waals surface area contributed by atoms with E-state index in [0.717, 1.165) is 0 Å². The normalized spacial score (nSPS) is 18.4. The molecule has 20 heavy (non-hydrogen) atoms. The van der Waals surface area contributed by atoms with Gasteiger partial charge in [-0.2, -0.15) is 0 Å². The van der Waals surface area contributed by atoms with Crippen LogP contribution in [-0.2, 0) is 9.59 Å². The highest BCUT2D eigenvalue weighted by molar-refractivity contribution is 8.13. The summed E-state index contributed by atoms with van der Waals surface area (Å²) in [5.74, 6) is -0.177. The van der Waals surface area contributed by atoms with E-state index in [2.05, 4.69) is 4.98 Å². The van der Waals surface area contributed by atoms with Gasteiger partial charge in [-0.25, -0.2) is 9.78 Å². The van der Waals surface area contributed by atoms with Crippen LogP contribution in [0.1, 0.15) is 23.8 Å². The van der Waals surface area contributed by atoms with Gasteiger partial charge in [0, 0.05) is 25.6 Å². The zero-order chi connectivity index (χ0) is 14.7. The average molecular weight is 294 g/mol. The number of pyridine rings is 1. The van der Waals surface area contributed by atoms with Gasteiger partial charge in [-0.05, 0) is 18.1 Å². The van der Waals surface area contributed by atoms with Crippen molar-refractivity contribution >= 4 is 34.6 Å². The Balaban J connectivity index is 2.09. The molecule has 0 aromatic carbocycles. The molecule has 0 bridgehead atoms. The summed E-state index contributed by atoms with van der Waals surface area (Å²) in [4.78, 5) is 39.2. The van der Waals surface area contributed by atoms with E-state index in [4.69, 9.17) is 5.11 Å². The van der Waals surface area contributed by atoms with Gasteiger partial charge in [-0.15, -0.1) is 0 Å². The fourth-order valence-electron chi connectivity index (χ4n) is 2.04. The number of amides is 1. The number of hydrogen-bond donors (Lipinski definition) is 1. The van der Waals surface area contributed by atoms with Gasteiger partial charge in [0.05, 0.1) is 0 Å². The monoisotopic (exact) mass is 294 g/mol. The lowest BCUT2D eigenvalue weighted by Crippen LogP contribution is -2.26. The second-order valence-corrected chi connectivity index (χ2v) is 5.76. The fraction of sp³-hybridized carbons (Fsp3) is 0.385. The van der Waals surface area contributed by atoms with Crippen molar-refractivity contribution in [1.82, 2.24) is 4.98 Å². The Morgan fingerprint density at radius 2 is 2.25 bits per heavy atom. The van der Waals surface area contributed by atoms with Crippen molar-refractivity contribution in [2.45, 2.75) is 13.3 Å². The minimum absolute atomic E-state index is 0.0295. The van der Waals surface area contributed by atoms with Crippen molar-refractivity contribution in [2.75, 3.05) is 17.2 Å². The van der Waals surface area contributed by atoms with Crippen LogP contribution in [0.3, 0.4) is 0 Å². The van der Waals surface area contributed by atoms with Crippen LogP contribution in [0, 0.1) is 5.92 Å². The van der Waals surface area contributed by atoms with Gasteiger partial charge in [0.2, 0.25) is 5.91 Å². The molecule has 2 heterocycles. The molecule has 106 valence electrons. The largest absolute Gasteiger partial charge is 0.477 e. The number of hydrogen-bond acceptors (Lipinski definition) is 5. The molecule has 1 atom stereocenters. The molecule has 1 unspecified atom stereocenters. The van der Waals surface area contributed by atoms with Crippen LogP contribution >= 0.6 is 11.8 Å². The second-order valence-electron chi connectivity index (χ2n) is 4.56. The Kier molecular flexibility index (Phi) is 4.39. The minimum Gasteiger partial charge on any atom is -0.477 e. The molecule has 1 saturated heterocycles. The molecule has 1 N–H and O–H groups in total. The molecule has 1 aliphatic rings. The number of carbonyl (C=O) groups excluding carboxylic acids is 2. The number of rotatable bonds is 4. The highest BCUT2D eigenvalue weighted by Crippen LogP contribution is 2.26. The molecule has 1 amide bonds. The van der Waals surface area contributed by atoms with E-state index in [9.17, 15) is 14.4 Å². The van der Waals surface area contributed by atoms with Crippen molar-refractivity contribution in [3.05, 3.63) is 23.9 Å². The Bertz CT molecular complexity index is 561. The molecule has 0 aliphatic carbocycles. The first-order chi connectivity index (χ1) is 9.47. The summed E-state index contributed by atoms with van der Waals surface area (Å²) >= 11 is 1.20. The molecule has 1 aromatic heterocycles. The number of carboxylic acid groups (broad SMARTS) is 1. The SMILES string of the molecule is CC(=O)SCC1CC(=O)N(c2cccc(C(=O)O)n2)C1. The van der Waals surface area contributed by atoms with Crippen LogP contribution in [0.2, 0.25) is 0 Å². The van der Waals surface area contributed by atoms with Gasteiger partial charge in [-0.1, -0.05) is 17.8 Å². The lowest BCUT2D eigenvalue weighted by Gasteiger charge is -2.15. The molecule has 7 heteroatoms. The van der Waals surface area contributed by atoms with E-state index in [1.54, 1.807) is 12.1 Å². The summed E-state index contributed by atoms with van der Waals surface area (Å²) in [6.07, 6.45) is 0.360. The molecule has 1 fully saturated rings. The Hall–Kier alpha value is -1.89. The van der Waals surface area contributed by atoms with Crippen LogP contribution in [0.5, 0.6) is 0 Å². The number of anilines is 1. The van der Waals surface area contributed by atoms with Gasteiger partial charge in [0.15, 0.2) is 10.8 Å². The third-order valence-corrected chi connectivity index (χ3v) is 4.00. The van der Waals surface area contributed by atoms with Crippen molar-refractivity contribution < 1.29 is 19.5 Å². The summed E-state index contributed by atoms with van der Waals surface area (Å²) in [6.45, 7) is 1.96. The van der Waals surface area contributed by atoms with Gasteiger partial charge in [-0.3, -0.25) is 14.5 Å². The maximum Gasteiger partial charge on any atom is 0.354 e. The van der Waals surface area contributed by atoms with Crippen molar-refractivity contribution in [3.63, 3.8) is 0 Å². The standard InChI is InChI=1S/C13H14N2O4S/c1-8(16)20-7-9-5-12(17)15(6-9)11-4-2-3-10(14-11)13(18)19/h2-4,9H,5-7H2,1H3,(H,18,19). The van der Waals surface area contributed by atoms with Crippen LogP contribution in [0.4, 0.5) is 5.82 Å². The molecular weight excluding hydrogens is 280 g/mol. The number of carboxylic acids is 1. The number of aromatic carboxylic acids is 1. The third kappa shape index (κ3) is 3.36. The van der Waals surface area contributed by atoms with Crippen LogP contribution in [-0.4, -0.2) is 39.4 Å². The molecule has 0 saturated carbocycles. The first-order valence-corrected chi connectivity index (χ1v) is 7.10. The summed E-state index contributed by atoms with van der Waals surface area (Å²) in [7, 11) is 0. The van der Waals surface area contributed by atoms with Crippen LogP contribution in [0.25, 0.3) is 0 Å². The number of aromatic nitrogens is 1. The first-order valence-electron chi connectivity index (χ1n) is 6.11. The van der Waals surface area contributed by atoms with Crippen molar-refractivity contribution in [2.24, 2.45) is 5.92 Å². The summed E-state index contributed by atoms with van der Waals surface area (Å²) < 4.78 is 0. The second kappa shape index (κ2) is 6.04. The molecule has 6 nitrogen and oxygen atoms in total. The number of thioether (sulfide) groups is 1. The van der Waals surface area contributed by atoms with E-state index in [0.29, 0.717) is 24.5 Å². The maximum atomic E-state index is 12.0. The van der Waals surface area contributed by atoms with Gasteiger partial charge in [0.1, 0.15) is 5.82 Å². The molecule has 0 radical (unpaired) electrons. The number of nitrogens with zero attached hydrogens (tertiary/aromatic N) is 2. The van der Waals surface area contributed by atoms with E-state index in [1.165, 1.54) is 29.7 Å². The van der Waals surface area contributed by atoms with Gasteiger partial charge < -0.3 is 5.11 Å². The predicted molar refractivity (Wildman–Crippen MR) is 74.8 cm³/mol. The van der Waals surface area contributed by atoms with E-state index in [-0.39, 0.29) is 22.6 Å². The van der Waals surface area contributed by atoms with Gasteiger partial charge in [0.25, 0.3) is 0 Å². The third-order valence-electron chi connectivity index (χ3n) is 2.96. The fourth-order valence-corrected chi connectivity index (χ4v) is 2.74. The summed E-state index contributed by atoms with van der Waals surface area (Å²) in [5, 5.41) is 8.94. The van der Waals surface area contributed by atoms with Crippen LogP contribution in [0.15, 0.2) is 18.2 Å². The molecule has 1 aromatic rings. The lowest BCUT2D eigenvalue weighted by atomic mass is 10.1. The van der Waals surface area contributed by atoms with Crippen molar-refractivity contribution in [1.29, 1.82) is 0 Å². The average Bonchev–Trinajstić information content (AvgIpc) is 2.78. The minimum atomic E-state index is -1.12.